The molecule has 3 aromatic carbocycles. The minimum absolute atomic E-state index is 0. The predicted molar refractivity (Wildman–Crippen MR) is 125 cm³/mol. The Morgan fingerprint density at radius 1 is 0.879 bits per heavy atom. The first-order valence-corrected chi connectivity index (χ1v) is 10.7. The van der Waals surface area contributed by atoms with E-state index in [2.05, 4.69) is 8.75 Å². The zero-order chi connectivity index (χ0) is 22.7. The van der Waals surface area contributed by atoms with E-state index in [9.17, 15) is 14.7 Å². The van der Waals surface area contributed by atoms with Crippen molar-refractivity contribution < 1.29 is 44.3 Å². The summed E-state index contributed by atoms with van der Waals surface area (Å²) in [5.41, 5.74) is 3.90. The molecule has 0 radical (unpaired) electrons. The van der Waals surface area contributed by atoms with Crippen LogP contribution in [0, 0.1) is 0 Å². The van der Waals surface area contributed by atoms with E-state index in [0.717, 1.165) is 23.0 Å². The number of benzene rings is 3. The first kappa shape index (κ1) is 24.8. The second-order valence-corrected chi connectivity index (χ2v) is 8.07. The fourth-order valence-electron chi connectivity index (χ4n) is 3.51. The van der Waals surface area contributed by atoms with Crippen LogP contribution in [0.3, 0.4) is 0 Å². The summed E-state index contributed by atoms with van der Waals surface area (Å²) < 4.78 is 8.36. The van der Waals surface area contributed by atoms with E-state index in [1.165, 1.54) is 0 Å². The summed E-state index contributed by atoms with van der Waals surface area (Å²) in [6, 6.07) is 21.3. The fourth-order valence-corrected chi connectivity index (χ4v) is 4.03. The molecule has 0 unspecified atom stereocenters. The van der Waals surface area contributed by atoms with Gasteiger partial charge < -0.3 is 14.8 Å². The molecule has 160 valence electrons. The molecule has 6 nitrogen and oxygen atoms in total. The van der Waals surface area contributed by atoms with Crippen molar-refractivity contribution in [2.24, 2.45) is 0 Å². The summed E-state index contributed by atoms with van der Waals surface area (Å²) in [7, 11) is 3.88. The number of rotatable bonds is 7. The van der Waals surface area contributed by atoms with Crippen LogP contribution < -0.4 is 39.6 Å². The number of aliphatic carboxylic acids is 1. The molecule has 0 amide bonds. The smallest absolute Gasteiger partial charge is 0.545 e. The maximum Gasteiger partial charge on any atom is 1.00 e. The van der Waals surface area contributed by atoms with E-state index in [-0.39, 0.29) is 52.9 Å². The summed E-state index contributed by atoms with van der Waals surface area (Å²) in [6.45, 7) is 0. The number of carbonyl (C=O) groups is 2. The van der Waals surface area contributed by atoms with E-state index in [1.807, 2.05) is 49.3 Å². The summed E-state index contributed by atoms with van der Waals surface area (Å²) >= 11 is 1.05. The van der Waals surface area contributed by atoms with Gasteiger partial charge in [-0.05, 0) is 35.4 Å². The minimum atomic E-state index is -1.41. The van der Waals surface area contributed by atoms with E-state index < -0.39 is 5.97 Å². The molecule has 0 aliphatic rings. The van der Waals surface area contributed by atoms with Gasteiger partial charge in [0, 0.05) is 42.9 Å². The molecular weight excluding hydrogens is 445 g/mol. The van der Waals surface area contributed by atoms with Crippen LogP contribution in [0.4, 0.5) is 5.69 Å². The molecule has 0 bridgehead atoms. The molecule has 0 saturated carbocycles. The second-order valence-electron chi connectivity index (χ2n) is 7.54. The van der Waals surface area contributed by atoms with Crippen molar-refractivity contribution in [2.45, 2.75) is 6.42 Å². The number of fused-ring (bicyclic) bond motifs is 1. The number of carboxylic acid groups (broad SMARTS) is 1. The number of ketones is 1. The summed E-state index contributed by atoms with van der Waals surface area (Å²) in [5, 5.41) is 12.3. The van der Waals surface area contributed by atoms with Crippen LogP contribution >= 0.6 is 11.7 Å². The van der Waals surface area contributed by atoms with E-state index >= 15 is 0 Å². The van der Waals surface area contributed by atoms with E-state index in [1.54, 1.807) is 42.5 Å². The van der Waals surface area contributed by atoms with Crippen molar-refractivity contribution in [2.75, 3.05) is 19.0 Å². The molecule has 1 heterocycles. The minimum Gasteiger partial charge on any atom is -0.545 e. The molecule has 0 spiro atoms. The van der Waals surface area contributed by atoms with Crippen LogP contribution in [-0.4, -0.2) is 34.6 Å². The van der Waals surface area contributed by atoms with Crippen LogP contribution in [0.15, 0.2) is 78.4 Å². The quantitative estimate of drug-likeness (QED) is 0.223. The van der Waals surface area contributed by atoms with Gasteiger partial charge in [-0.2, -0.15) is 8.75 Å². The largest absolute Gasteiger partial charge is 1.00 e. The van der Waals surface area contributed by atoms with Gasteiger partial charge in [-0.1, -0.05) is 48.5 Å². The Bertz CT molecular complexity index is 1320. The Morgan fingerprint density at radius 2 is 1.55 bits per heavy atom. The third-order valence-electron chi connectivity index (χ3n) is 5.19. The maximum absolute atomic E-state index is 13.5. The third kappa shape index (κ3) is 5.57. The average molecular weight is 466 g/mol. The molecule has 1 aromatic heterocycles. The molecule has 0 atom stereocenters. The Hall–Kier alpha value is -2.84. The molecular formula is C25H20N3NaO3S. The van der Waals surface area contributed by atoms with Gasteiger partial charge in [0.25, 0.3) is 0 Å². The van der Waals surface area contributed by atoms with Crippen LogP contribution in [0.1, 0.15) is 21.5 Å². The number of allylic oxidation sites excluding steroid dienone is 1. The van der Waals surface area contributed by atoms with Crippen molar-refractivity contribution >= 4 is 45.8 Å². The molecule has 0 aliphatic carbocycles. The zero-order valence-corrected chi connectivity index (χ0v) is 21.4. The Kier molecular flexibility index (Phi) is 8.15. The summed E-state index contributed by atoms with van der Waals surface area (Å²) in [6.07, 6.45) is 0.151. The van der Waals surface area contributed by atoms with E-state index in [4.69, 9.17) is 0 Å². The van der Waals surface area contributed by atoms with Crippen LogP contribution in [0.2, 0.25) is 0 Å². The fraction of sp³-hybridized carbons (Fsp3) is 0.120. The van der Waals surface area contributed by atoms with Crippen molar-refractivity contribution in [3.05, 3.63) is 95.1 Å². The topological polar surface area (TPSA) is 86.2 Å². The molecule has 0 saturated heterocycles. The normalized spacial score (nSPS) is 11.5. The Labute approximate surface area is 218 Å². The summed E-state index contributed by atoms with van der Waals surface area (Å²) in [5.74, 6) is -1.75. The van der Waals surface area contributed by atoms with Crippen molar-refractivity contribution in [3.63, 3.8) is 0 Å². The number of Topliss-reactive ketones (excluding diaryl/α,β-unsaturated/α-hetero) is 1. The van der Waals surface area contributed by atoms with Gasteiger partial charge >= 0.3 is 29.6 Å². The standard InChI is InChI=1S/C25H21N3O3S.Na/c1-28(2)19-11-8-16(9-12-19)14-20(24(29)17-6-4-3-5-7-17)23(25(30)31)18-10-13-21-22(15-18)27-32-26-21;/h3-13,15H,14H2,1-2H3,(H,30,31);/q;+1/p-1. The van der Waals surface area contributed by atoms with Crippen molar-refractivity contribution in [1.29, 1.82) is 0 Å². The SMILES string of the molecule is CN(C)c1ccc(CC(C(=O)c2ccccc2)=C(C(=O)[O-])c2ccc3nsnc3c2)cc1.[Na+]. The monoisotopic (exact) mass is 465 g/mol. The average Bonchev–Trinajstić information content (AvgIpc) is 3.27. The molecule has 33 heavy (non-hydrogen) atoms. The molecule has 0 N–H and O–H groups in total. The molecule has 4 aromatic rings. The van der Waals surface area contributed by atoms with E-state index in [0.29, 0.717) is 22.2 Å². The van der Waals surface area contributed by atoms with Crippen LogP contribution in [0.25, 0.3) is 16.6 Å². The maximum atomic E-state index is 13.5. The van der Waals surface area contributed by atoms with Crippen LogP contribution in [-0.2, 0) is 11.2 Å². The number of carbonyl (C=O) groups excluding carboxylic acids is 2. The first-order chi connectivity index (χ1) is 15.4. The number of anilines is 1. The second kappa shape index (κ2) is 10.9. The van der Waals surface area contributed by atoms with Crippen molar-refractivity contribution in [3.8, 4) is 0 Å². The van der Waals surface area contributed by atoms with Gasteiger partial charge in [0.1, 0.15) is 11.0 Å². The Balaban J connectivity index is 0.00000306. The molecule has 0 aliphatic heterocycles. The predicted octanol–water partition coefficient (Wildman–Crippen LogP) is 0.390. The van der Waals surface area contributed by atoms with Gasteiger partial charge in [-0.3, -0.25) is 4.79 Å². The number of hydrogen-bond acceptors (Lipinski definition) is 7. The zero-order valence-electron chi connectivity index (χ0n) is 18.6. The number of carboxylic acids is 1. The van der Waals surface area contributed by atoms with Gasteiger partial charge in [-0.15, -0.1) is 0 Å². The first-order valence-electron chi connectivity index (χ1n) is 9.97. The molecule has 4 rings (SSSR count). The number of nitrogens with zero attached hydrogens (tertiary/aromatic N) is 3. The Morgan fingerprint density at radius 3 is 2.18 bits per heavy atom. The van der Waals surface area contributed by atoms with Crippen LogP contribution in [0.5, 0.6) is 0 Å². The molecule has 8 heteroatoms. The third-order valence-corrected chi connectivity index (χ3v) is 5.75. The number of aromatic nitrogens is 2. The van der Waals surface area contributed by atoms with Gasteiger partial charge in [-0.25, -0.2) is 0 Å². The number of hydrogen-bond donors (Lipinski definition) is 0. The summed E-state index contributed by atoms with van der Waals surface area (Å²) in [4.78, 5) is 27.8. The van der Waals surface area contributed by atoms with Gasteiger partial charge in [0.2, 0.25) is 0 Å². The van der Waals surface area contributed by atoms with Crippen molar-refractivity contribution in [1.82, 2.24) is 8.75 Å². The van der Waals surface area contributed by atoms with Gasteiger partial charge in [0.15, 0.2) is 5.78 Å². The van der Waals surface area contributed by atoms with Gasteiger partial charge in [0.05, 0.1) is 17.7 Å². The molecule has 0 fully saturated rings.